The summed E-state index contributed by atoms with van der Waals surface area (Å²) in [6.07, 6.45) is 14.7. The van der Waals surface area contributed by atoms with Crippen LogP contribution in [0.3, 0.4) is 0 Å². The fourth-order valence-electron chi connectivity index (χ4n) is 3.57. The Bertz CT molecular complexity index is 184. The highest BCUT2D eigenvalue weighted by Crippen LogP contribution is 2.27. The van der Waals surface area contributed by atoms with Crippen molar-refractivity contribution in [2.24, 2.45) is 11.8 Å². The molecule has 0 aromatic rings. The molecule has 2 rings (SSSR count). The Balaban J connectivity index is 1.59. The van der Waals surface area contributed by atoms with E-state index in [0.29, 0.717) is 0 Å². The van der Waals surface area contributed by atoms with Gasteiger partial charge in [-0.15, -0.1) is 0 Å². The van der Waals surface area contributed by atoms with Crippen LogP contribution in [0.5, 0.6) is 0 Å². The van der Waals surface area contributed by atoms with Gasteiger partial charge in [0.05, 0.1) is 0 Å². The molecule has 0 aromatic carbocycles. The van der Waals surface area contributed by atoms with Crippen LogP contribution in [0.4, 0.5) is 0 Å². The van der Waals surface area contributed by atoms with Gasteiger partial charge in [0.1, 0.15) is 0 Å². The maximum absolute atomic E-state index is 3.82. The Morgan fingerprint density at radius 1 is 0.875 bits per heavy atom. The Labute approximate surface area is 101 Å². The third-order valence-electron chi connectivity index (χ3n) is 4.80. The van der Waals surface area contributed by atoms with Crippen LogP contribution < -0.4 is 5.32 Å². The first kappa shape index (κ1) is 12.4. The minimum absolute atomic E-state index is 0.831. The van der Waals surface area contributed by atoms with Gasteiger partial charge in [0.25, 0.3) is 0 Å². The lowest BCUT2D eigenvalue weighted by atomic mass is 9.85. The van der Waals surface area contributed by atoms with Gasteiger partial charge in [-0.05, 0) is 37.6 Å². The van der Waals surface area contributed by atoms with E-state index < -0.39 is 0 Å². The fraction of sp³-hybridized carbons (Fsp3) is 1.00. The van der Waals surface area contributed by atoms with Crippen molar-refractivity contribution < 1.29 is 0 Å². The molecular formula is C15H29N. The number of rotatable bonds is 4. The van der Waals surface area contributed by atoms with Gasteiger partial charge in [-0.3, -0.25) is 0 Å². The zero-order valence-corrected chi connectivity index (χ0v) is 11.0. The largest absolute Gasteiger partial charge is 0.314 e. The molecule has 2 saturated carbocycles. The Hall–Kier alpha value is -0.0400. The normalized spacial score (nSPS) is 32.8. The van der Waals surface area contributed by atoms with Crippen molar-refractivity contribution in [3.05, 3.63) is 0 Å². The maximum Gasteiger partial charge on any atom is 0.00926 e. The quantitative estimate of drug-likeness (QED) is 0.756. The molecule has 0 aromatic heterocycles. The molecule has 2 aliphatic rings. The first-order valence-electron chi connectivity index (χ1n) is 7.59. The van der Waals surface area contributed by atoms with Gasteiger partial charge in [0.2, 0.25) is 0 Å². The fourth-order valence-corrected chi connectivity index (χ4v) is 3.57. The molecule has 1 nitrogen and oxygen atoms in total. The molecule has 2 fully saturated rings. The van der Waals surface area contributed by atoms with E-state index in [-0.39, 0.29) is 0 Å². The predicted molar refractivity (Wildman–Crippen MR) is 70.6 cm³/mol. The smallest absolute Gasteiger partial charge is 0.00926 e. The Morgan fingerprint density at radius 2 is 1.56 bits per heavy atom. The summed E-state index contributed by atoms with van der Waals surface area (Å²) in [6, 6.07) is 0.831. The summed E-state index contributed by atoms with van der Waals surface area (Å²) in [5, 5.41) is 3.82. The van der Waals surface area contributed by atoms with Gasteiger partial charge in [-0.1, -0.05) is 51.9 Å². The second-order valence-electron chi connectivity index (χ2n) is 6.12. The highest BCUT2D eigenvalue weighted by atomic mass is 14.9. The van der Waals surface area contributed by atoms with Crippen molar-refractivity contribution in [1.29, 1.82) is 0 Å². The molecule has 2 aliphatic carbocycles. The van der Waals surface area contributed by atoms with E-state index >= 15 is 0 Å². The van der Waals surface area contributed by atoms with Gasteiger partial charge >= 0.3 is 0 Å². The molecule has 0 spiro atoms. The van der Waals surface area contributed by atoms with Crippen molar-refractivity contribution in [1.82, 2.24) is 5.32 Å². The monoisotopic (exact) mass is 223 g/mol. The van der Waals surface area contributed by atoms with Gasteiger partial charge in [0, 0.05) is 6.04 Å². The molecule has 1 N–H and O–H groups in total. The second kappa shape index (κ2) is 6.64. The van der Waals surface area contributed by atoms with Gasteiger partial charge in [-0.2, -0.15) is 0 Å². The summed E-state index contributed by atoms with van der Waals surface area (Å²) in [6.45, 7) is 3.71. The highest BCUT2D eigenvalue weighted by molar-refractivity contribution is 4.78. The van der Waals surface area contributed by atoms with Crippen LogP contribution in [0.2, 0.25) is 0 Å². The van der Waals surface area contributed by atoms with Crippen molar-refractivity contribution in [2.75, 3.05) is 6.54 Å². The van der Waals surface area contributed by atoms with Crippen LogP contribution in [0, 0.1) is 11.8 Å². The summed E-state index contributed by atoms with van der Waals surface area (Å²) >= 11 is 0. The lowest BCUT2D eigenvalue weighted by molar-refractivity contribution is 0.264. The zero-order valence-electron chi connectivity index (χ0n) is 11.0. The number of hydrogen-bond acceptors (Lipinski definition) is 1. The SMILES string of the molecule is CC1CCCCC1NCCC1CCCCC1. The van der Waals surface area contributed by atoms with Crippen molar-refractivity contribution in [2.45, 2.75) is 77.2 Å². The average Bonchev–Trinajstić information content (AvgIpc) is 2.33. The van der Waals surface area contributed by atoms with Crippen molar-refractivity contribution in [3.8, 4) is 0 Å². The molecule has 2 unspecified atom stereocenters. The molecule has 0 aliphatic heterocycles. The molecular weight excluding hydrogens is 194 g/mol. The second-order valence-corrected chi connectivity index (χ2v) is 6.12. The number of hydrogen-bond donors (Lipinski definition) is 1. The maximum atomic E-state index is 3.82. The lowest BCUT2D eigenvalue weighted by Crippen LogP contribution is -2.38. The highest BCUT2D eigenvalue weighted by Gasteiger charge is 2.21. The summed E-state index contributed by atoms with van der Waals surface area (Å²) in [7, 11) is 0. The van der Waals surface area contributed by atoms with Crippen LogP contribution in [-0.2, 0) is 0 Å². The molecule has 0 saturated heterocycles. The van der Waals surface area contributed by atoms with E-state index in [0.717, 1.165) is 17.9 Å². The zero-order chi connectivity index (χ0) is 11.2. The van der Waals surface area contributed by atoms with Crippen molar-refractivity contribution in [3.63, 3.8) is 0 Å². The predicted octanol–water partition coefficient (Wildman–Crippen LogP) is 4.13. The Kier molecular flexibility index (Phi) is 5.15. The lowest BCUT2D eigenvalue weighted by Gasteiger charge is -2.30. The molecule has 0 bridgehead atoms. The van der Waals surface area contributed by atoms with Crippen LogP contribution >= 0.6 is 0 Å². The van der Waals surface area contributed by atoms with E-state index in [9.17, 15) is 0 Å². The van der Waals surface area contributed by atoms with Gasteiger partial charge in [0.15, 0.2) is 0 Å². The van der Waals surface area contributed by atoms with Crippen molar-refractivity contribution >= 4 is 0 Å². The third kappa shape index (κ3) is 3.76. The van der Waals surface area contributed by atoms with E-state index in [1.165, 1.54) is 70.8 Å². The first-order valence-corrected chi connectivity index (χ1v) is 7.59. The topological polar surface area (TPSA) is 12.0 Å². The van der Waals surface area contributed by atoms with E-state index in [1.54, 1.807) is 0 Å². The average molecular weight is 223 g/mol. The summed E-state index contributed by atoms with van der Waals surface area (Å²) in [5.41, 5.74) is 0. The van der Waals surface area contributed by atoms with Gasteiger partial charge < -0.3 is 5.32 Å². The molecule has 0 radical (unpaired) electrons. The summed E-state index contributed by atoms with van der Waals surface area (Å²) in [4.78, 5) is 0. The molecule has 1 heteroatoms. The Morgan fingerprint density at radius 3 is 2.31 bits per heavy atom. The van der Waals surface area contributed by atoms with Crippen LogP contribution in [0.15, 0.2) is 0 Å². The third-order valence-corrected chi connectivity index (χ3v) is 4.80. The van der Waals surface area contributed by atoms with Crippen LogP contribution in [0.25, 0.3) is 0 Å². The first-order chi connectivity index (χ1) is 7.86. The van der Waals surface area contributed by atoms with E-state index in [2.05, 4.69) is 12.2 Å². The minimum atomic E-state index is 0.831. The van der Waals surface area contributed by atoms with Crippen LogP contribution in [-0.4, -0.2) is 12.6 Å². The standard InChI is InChI=1S/C15H29N/c1-13-7-5-6-10-15(13)16-12-11-14-8-3-2-4-9-14/h13-16H,2-12H2,1H3. The van der Waals surface area contributed by atoms with Crippen LogP contribution in [0.1, 0.15) is 71.1 Å². The summed E-state index contributed by atoms with van der Waals surface area (Å²) in [5.74, 6) is 1.96. The minimum Gasteiger partial charge on any atom is -0.314 e. The molecule has 94 valence electrons. The number of nitrogens with one attached hydrogen (secondary N) is 1. The van der Waals surface area contributed by atoms with Gasteiger partial charge in [-0.25, -0.2) is 0 Å². The summed E-state index contributed by atoms with van der Waals surface area (Å²) < 4.78 is 0. The molecule has 16 heavy (non-hydrogen) atoms. The van der Waals surface area contributed by atoms with E-state index in [1.807, 2.05) is 0 Å². The molecule has 2 atom stereocenters. The molecule has 0 heterocycles. The van der Waals surface area contributed by atoms with E-state index in [4.69, 9.17) is 0 Å². The molecule has 0 amide bonds.